The molecule has 0 spiro atoms. The Morgan fingerprint density at radius 2 is 2.12 bits per heavy atom. The van der Waals surface area contributed by atoms with Gasteiger partial charge < -0.3 is 15.7 Å². The molecule has 1 aromatic carbocycles. The first-order valence-electron chi connectivity index (χ1n) is 8.32. The fourth-order valence-electron chi connectivity index (χ4n) is 2.94. The van der Waals surface area contributed by atoms with Gasteiger partial charge in [-0.25, -0.2) is 13.6 Å². The number of nitrogens with zero attached hydrogens (tertiary/aromatic N) is 1. The van der Waals surface area contributed by atoms with Crippen LogP contribution in [0.25, 0.3) is 0 Å². The number of amides is 2. The number of rotatable bonds is 6. The van der Waals surface area contributed by atoms with Crippen molar-refractivity contribution in [3.8, 4) is 0 Å². The van der Waals surface area contributed by atoms with Crippen LogP contribution in [-0.2, 0) is 6.54 Å². The number of piperidine rings is 1. The highest BCUT2D eigenvalue weighted by Crippen LogP contribution is 2.18. The van der Waals surface area contributed by atoms with Gasteiger partial charge in [0.15, 0.2) is 0 Å². The predicted molar refractivity (Wildman–Crippen MR) is 87.5 cm³/mol. The number of hydrogen-bond acceptors (Lipinski definition) is 3. The summed E-state index contributed by atoms with van der Waals surface area (Å²) >= 11 is 0. The lowest BCUT2D eigenvalue weighted by atomic mass is 10.0. The minimum Gasteiger partial charge on any atom is -0.396 e. The summed E-state index contributed by atoms with van der Waals surface area (Å²) in [5, 5.41) is 14.5. The zero-order chi connectivity index (χ0) is 17.5. The van der Waals surface area contributed by atoms with Gasteiger partial charge in [-0.2, -0.15) is 0 Å². The minimum atomic E-state index is -0.541. The van der Waals surface area contributed by atoms with E-state index in [-0.39, 0.29) is 36.8 Å². The van der Waals surface area contributed by atoms with Gasteiger partial charge in [0.25, 0.3) is 0 Å². The number of carbonyl (C=O) groups is 1. The molecule has 0 radical (unpaired) electrons. The van der Waals surface area contributed by atoms with Crippen LogP contribution in [0.1, 0.15) is 31.7 Å². The SMILES string of the molecule is C[C@H](CCO)NC(=O)NC1CCCN(Cc2c(F)cccc2F)C1. The summed E-state index contributed by atoms with van der Waals surface area (Å²) in [6.07, 6.45) is 2.18. The second kappa shape index (κ2) is 8.94. The van der Waals surface area contributed by atoms with Gasteiger partial charge in [-0.05, 0) is 44.9 Å². The van der Waals surface area contributed by atoms with Crippen molar-refractivity contribution in [1.29, 1.82) is 0 Å². The van der Waals surface area contributed by atoms with E-state index in [9.17, 15) is 13.6 Å². The van der Waals surface area contributed by atoms with Gasteiger partial charge in [-0.15, -0.1) is 0 Å². The van der Waals surface area contributed by atoms with Crippen molar-refractivity contribution in [1.82, 2.24) is 15.5 Å². The second-order valence-corrected chi connectivity index (χ2v) is 6.31. The molecule has 2 amide bonds. The fraction of sp³-hybridized carbons (Fsp3) is 0.588. The Morgan fingerprint density at radius 1 is 1.42 bits per heavy atom. The van der Waals surface area contributed by atoms with Gasteiger partial charge >= 0.3 is 6.03 Å². The van der Waals surface area contributed by atoms with E-state index >= 15 is 0 Å². The highest BCUT2D eigenvalue weighted by atomic mass is 19.1. The zero-order valence-electron chi connectivity index (χ0n) is 13.9. The topological polar surface area (TPSA) is 64.6 Å². The van der Waals surface area contributed by atoms with Crippen LogP contribution in [0.15, 0.2) is 18.2 Å². The molecule has 3 N–H and O–H groups in total. The Balaban J connectivity index is 1.86. The third kappa shape index (κ3) is 5.42. The quantitative estimate of drug-likeness (QED) is 0.741. The monoisotopic (exact) mass is 341 g/mol. The Bertz CT molecular complexity index is 536. The number of halogens is 2. The first-order chi connectivity index (χ1) is 11.5. The van der Waals surface area contributed by atoms with E-state index in [0.29, 0.717) is 13.0 Å². The third-order valence-corrected chi connectivity index (χ3v) is 4.22. The molecule has 1 unspecified atom stereocenters. The third-order valence-electron chi connectivity index (χ3n) is 4.22. The van der Waals surface area contributed by atoms with Gasteiger partial charge in [0.2, 0.25) is 0 Å². The standard InChI is InChI=1S/C17H25F2N3O2/c1-12(7-9-23)20-17(24)21-13-4-3-8-22(10-13)11-14-15(18)5-2-6-16(14)19/h2,5-6,12-13,23H,3-4,7-11H2,1H3,(H2,20,21,24)/t12-,13?/m1/s1. The molecule has 0 aromatic heterocycles. The maximum absolute atomic E-state index is 13.8. The lowest BCUT2D eigenvalue weighted by Crippen LogP contribution is -2.51. The lowest BCUT2D eigenvalue weighted by Gasteiger charge is -2.33. The molecule has 1 aliphatic rings. The number of urea groups is 1. The van der Waals surface area contributed by atoms with Crippen molar-refractivity contribution in [3.05, 3.63) is 35.4 Å². The van der Waals surface area contributed by atoms with Crippen LogP contribution in [0.3, 0.4) is 0 Å². The lowest BCUT2D eigenvalue weighted by molar-refractivity contribution is 0.175. The molecule has 0 aliphatic carbocycles. The van der Waals surface area contributed by atoms with Crippen LogP contribution < -0.4 is 10.6 Å². The molecule has 2 atom stereocenters. The summed E-state index contributed by atoms with van der Waals surface area (Å²) in [5.74, 6) is -1.08. The van der Waals surface area contributed by atoms with Gasteiger partial charge in [0.05, 0.1) is 0 Å². The molecule has 0 bridgehead atoms. The highest BCUT2D eigenvalue weighted by molar-refractivity contribution is 5.74. The van der Waals surface area contributed by atoms with Crippen molar-refractivity contribution in [2.75, 3.05) is 19.7 Å². The van der Waals surface area contributed by atoms with Gasteiger partial charge in [0.1, 0.15) is 11.6 Å². The molecule has 0 saturated carbocycles. The minimum absolute atomic E-state index is 0.0207. The van der Waals surface area contributed by atoms with E-state index < -0.39 is 11.6 Å². The number of hydrogen-bond donors (Lipinski definition) is 3. The molecule has 1 aromatic rings. The number of aliphatic hydroxyl groups excluding tert-OH is 1. The zero-order valence-corrected chi connectivity index (χ0v) is 13.9. The highest BCUT2D eigenvalue weighted by Gasteiger charge is 2.23. The number of aliphatic hydroxyl groups is 1. The van der Waals surface area contributed by atoms with E-state index in [1.54, 1.807) is 0 Å². The van der Waals surface area contributed by atoms with Crippen LogP contribution >= 0.6 is 0 Å². The Labute approximate surface area is 141 Å². The van der Waals surface area contributed by atoms with Crippen molar-refractivity contribution in [3.63, 3.8) is 0 Å². The average molecular weight is 341 g/mol. The molecule has 24 heavy (non-hydrogen) atoms. The Kier molecular flexibility index (Phi) is 6.93. The number of nitrogens with one attached hydrogen (secondary N) is 2. The van der Waals surface area contributed by atoms with E-state index in [2.05, 4.69) is 10.6 Å². The molecule has 1 aliphatic heterocycles. The van der Waals surface area contributed by atoms with Crippen molar-refractivity contribution in [2.45, 2.75) is 44.8 Å². The number of carbonyl (C=O) groups excluding carboxylic acids is 1. The first-order valence-corrected chi connectivity index (χ1v) is 8.32. The molecule has 1 heterocycles. The Hall–Kier alpha value is -1.73. The summed E-state index contributed by atoms with van der Waals surface area (Å²) in [5.41, 5.74) is 0.0687. The van der Waals surface area contributed by atoms with E-state index in [4.69, 9.17) is 5.11 Å². The van der Waals surface area contributed by atoms with Crippen LogP contribution in [0, 0.1) is 11.6 Å². The summed E-state index contributed by atoms with van der Waals surface area (Å²) in [4.78, 5) is 13.9. The number of benzene rings is 1. The molecule has 1 saturated heterocycles. The van der Waals surface area contributed by atoms with Crippen LogP contribution in [0.2, 0.25) is 0 Å². The Morgan fingerprint density at radius 3 is 2.79 bits per heavy atom. The largest absolute Gasteiger partial charge is 0.396 e. The van der Waals surface area contributed by atoms with Crippen molar-refractivity contribution < 1.29 is 18.7 Å². The normalized spacial score (nSPS) is 19.8. The fourth-order valence-corrected chi connectivity index (χ4v) is 2.94. The molecule has 134 valence electrons. The summed E-state index contributed by atoms with van der Waals surface area (Å²) in [7, 11) is 0. The first kappa shape index (κ1) is 18.6. The van der Waals surface area contributed by atoms with E-state index in [1.165, 1.54) is 18.2 Å². The van der Waals surface area contributed by atoms with Crippen LogP contribution in [0.4, 0.5) is 13.6 Å². The van der Waals surface area contributed by atoms with Crippen LogP contribution in [-0.4, -0.2) is 47.8 Å². The summed E-state index contributed by atoms with van der Waals surface area (Å²) < 4.78 is 27.5. The maximum atomic E-state index is 13.8. The van der Waals surface area contributed by atoms with Crippen LogP contribution in [0.5, 0.6) is 0 Å². The average Bonchev–Trinajstić information content (AvgIpc) is 2.51. The number of likely N-dealkylation sites (tertiary alicyclic amines) is 1. The molecular weight excluding hydrogens is 316 g/mol. The molecule has 7 heteroatoms. The summed E-state index contributed by atoms with van der Waals surface area (Å²) in [6.45, 7) is 3.33. The maximum Gasteiger partial charge on any atom is 0.315 e. The van der Waals surface area contributed by atoms with Crippen molar-refractivity contribution in [2.24, 2.45) is 0 Å². The van der Waals surface area contributed by atoms with Crippen molar-refractivity contribution >= 4 is 6.03 Å². The van der Waals surface area contributed by atoms with Gasteiger partial charge in [0, 0.05) is 37.3 Å². The van der Waals surface area contributed by atoms with Gasteiger partial charge in [-0.1, -0.05) is 6.07 Å². The molecular formula is C17H25F2N3O2. The molecule has 5 nitrogen and oxygen atoms in total. The van der Waals surface area contributed by atoms with E-state index in [1.807, 2.05) is 11.8 Å². The smallest absolute Gasteiger partial charge is 0.315 e. The predicted octanol–water partition coefficient (Wildman–Crippen LogP) is 2.00. The molecule has 1 fully saturated rings. The van der Waals surface area contributed by atoms with E-state index in [0.717, 1.165) is 19.4 Å². The second-order valence-electron chi connectivity index (χ2n) is 6.31. The molecule has 2 rings (SSSR count). The van der Waals surface area contributed by atoms with Gasteiger partial charge in [-0.3, -0.25) is 4.90 Å². The summed E-state index contributed by atoms with van der Waals surface area (Å²) in [6, 6.07) is 3.42.